The molecule has 1 nitrogen and oxygen atoms in total. The summed E-state index contributed by atoms with van der Waals surface area (Å²) in [5.41, 5.74) is 4.27. The van der Waals surface area contributed by atoms with Gasteiger partial charge in [-0.3, -0.25) is 0 Å². The number of pyridine rings is 1. The summed E-state index contributed by atoms with van der Waals surface area (Å²) in [6.45, 7) is 11.5. The minimum atomic E-state index is 1.03. The van der Waals surface area contributed by atoms with Crippen LogP contribution in [0.2, 0.25) is 0 Å². The van der Waals surface area contributed by atoms with E-state index in [1.54, 1.807) is 12.2 Å². The molecule has 0 saturated carbocycles. The van der Waals surface area contributed by atoms with Gasteiger partial charge in [0.15, 0.2) is 0 Å². The van der Waals surface area contributed by atoms with E-state index in [-0.39, 0.29) is 0 Å². The first-order valence-electron chi connectivity index (χ1n) is 8.69. The van der Waals surface area contributed by atoms with Crippen LogP contribution < -0.4 is 4.98 Å². The summed E-state index contributed by atoms with van der Waals surface area (Å²) in [7, 11) is 0. The lowest BCUT2D eigenvalue weighted by molar-refractivity contribution is -0.383. The number of rotatable bonds is 9. The maximum atomic E-state index is 3.75. The van der Waals surface area contributed by atoms with Crippen molar-refractivity contribution in [2.45, 2.75) is 13.8 Å². The average Bonchev–Trinajstić information content (AvgIpc) is 2.66. The third kappa shape index (κ3) is 8.60. The van der Waals surface area contributed by atoms with E-state index < -0.39 is 0 Å². The number of H-pyrrole nitrogens is 1. The quantitative estimate of drug-likeness (QED) is 0.457. The molecule has 0 atom stereocenters. The van der Waals surface area contributed by atoms with Gasteiger partial charge in [0.1, 0.15) is 0 Å². The normalized spacial score (nSPS) is 13.8. The van der Waals surface area contributed by atoms with Crippen molar-refractivity contribution in [3.05, 3.63) is 127 Å². The van der Waals surface area contributed by atoms with Crippen LogP contribution in [0, 0.1) is 0 Å². The molecule has 0 aliphatic carbocycles. The molecule has 1 heteroatoms. The lowest BCUT2D eigenvalue weighted by Crippen LogP contribution is -2.10. The molecule has 0 aliphatic heterocycles. The summed E-state index contributed by atoms with van der Waals surface area (Å²) in [4.78, 5) is 3.41. The fourth-order valence-corrected chi connectivity index (χ4v) is 2.12. The predicted octanol–water partition coefficient (Wildman–Crippen LogP) is 6.46. The van der Waals surface area contributed by atoms with Crippen LogP contribution in [0.5, 0.6) is 0 Å². The number of aromatic amines is 1. The van der Waals surface area contributed by atoms with Gasteiger partial charge in [0.2, 0.25) is 11.4 Å². The Morgan fingerprint density at radius 2 is 1.42 bits per heavy atom. The van der Waals surface area contributed by atoms with Gasteiger partial charge in [-0.1, -0.05) is 73.9 Å². The monoisotopic (exact) mass is 342 g/mol. The van der Waals surface area contributed by atoms with E-state index in [4.69, 9.17) is 0 Å². The Morgan fingerprint density at radius 3 is 1.96 bits per heavy atom. The van der Waals surface area contributed by atoms with Gasteiger partial charge in [0.25, 0.3) is 0 Å². The van der Waals surface area contributed by atoms with Crippen molar-refractivity contribution in [2.75, 3.05) is 0 Å². The van der Waals surface area contributed by atoms with Crippen LogP contribution in [-0.2, 0) is 0 Å². The average molecular weight is 343 g/mol. The summed E-state index contributed by atoms with van der Waals surface area (Å²) in [5.74, 6) is 0. The van der Waals surface area contributed by atoms with Gasteiger partial charge in [-0.25, -0.2) is 4.98 Å². The topological polar surface area (TPSA) is 14.1 Å². The maximum Gasteiger partial charge on any atom is 0.203 e. The SMILES string of the molecule is C=C\C=C/C(/C=C/c1cccc(/C=C/C(/C=C\C)=C/C=C\C)[nH+]1)=C\C=C. The summed E-state index contributed by atoms with van der Waals surface area (Å²) in [6.07, 6.45) is 27.9. The summed E-state index contributed by atoms with van der Waals surface area (Å²) in [6, 6.07) is 6.13. The van der Waals surface area contributed by atoms with Crippen molar-refractivity contribution in [1.82, 2.24) is 0 Å². The van der Waals surface area contributed by atoms with Crippen LogP contribution in [0.3, 0.4) is 0 Å². The fourth-order valence-electron chi connectivity index (χ4n) is 2.12. The third-order valence-corrected chi connectivity index (χ3v) is 3.33. The Kier molecular flexibility index (Phi) is 10.5. The van der Waals surface area contributed by atoms with Gasteiger partial charge in [-0.05, 0) is 43.2 Å². The lowest BCUT2D eigenvalue weighted by atomic mass is 10.1. The van der Waals surface area contributed by atoms with E-state index in [1.165, 1.54) is 0 Å². The molecule has 0 bridgehead atoms. The molecule has 1 aromatic rings. The number of nitrogens with one attached hydrogen (secondary N) is 1. The van der Waals surface area contributed by atoms with Crippen molar-refractivity contribution in [1.29, 1.82) is 0 Å². The lowest BCUT2D eigenvalue weighted by Gasteiger charge is -1.93. The fraction of sp³-hybridized carbons (Fsp3) is 0.0800. The molecule has 0 amide bonds. The van der Waals surface area contributed by atoms with Crippen LogP contribution in [0.15, 0.2) is 115 Å². The molecular formula is C25H28N+. The van der Waals surface area contributed by atoms with E-state index in [9.17, 15) is 0 Å². The zero-order valence-electron chi connectivity index (χ0n) is 15.7. The first kappa shape index (κ1) is 20.9. The highest BCUT2D eigenvalue weighted by atomic mass is 14.7. The van der Waals surface area contributed by atoms with Crippen molar-refractivity contribution >= 4 is 12.2 Å². The standard InChI is InChI=1S/C25H27N/c1-5-9-14-22(12-7-3)18-20-24-16-11-17-25(26-24)21-19-23(13-8-4)15-10-6-2/h5-21H,1,3H2,2,4H3/p+1/b10-6-,13-8-,14-9-,20-18+,21-19+,22-12+,23-15+. The number of hydrogen-bond acceptors (Lipinski definition) is 0. The van der Waals surface area contributed by atoms with E-state index in [0.717, 1.165) is 22.5 Å². The van der Waals surface area contributed by atoms with Crippen molar-refractivity contribution in [2.24, 2.45) is 0 Å². The molecule has 1 aromatic heterocycles. The molecule has 0 unspecified atom stereocenters. The third-order valence-electron chi connectivity index (χ3n) is 3.33. The largest absolute Gasteiger partial charge is 0.205 e. The zero-order chi connectivity index (χ0) is 19.0. The minimum Gasteiger partial charge on any atom is -0.205 e. The van der Waals surface area contributed by atoms with Gasteiger partial charge in [-0.2, -0.15) is 0 Å². The van der Waals surface area contributed by atoms with Crippen molar-refractivity contribution < 1.29 is 4.98 Å². The van der Waals surface area contributed by atoms with Gasteiger partial charge in [0, 0.05) is 24.3 Å². The Hall–Kier alpha value is -3.19. The highest BCUT2D eigenvalue weighted by Crippen LogP contribution is 2.07. The second kappa shape index (κ2) is 13.1. The molecule has 0 spiro atoms. The van der Waals surface area contributed by atoms with Crippen molar-refractivity contribution in [3.63, 3.8) is 0 Å². The molecule has 1 N–H and O–H groups in total. The van der Waals surface area contributed by atoms with E-state index >= 15 is 0 Å². The number of aromatic nitrogens is 1. The molecule has 0 radical (unpaired) electrons. The molecule has 1 heterocycles. The Balaban J connectivity index is 3.00. The molecule has 0 fully saturated rings. The smallest absolute Gasteiger partial charge is 0.203 e. The molecular weight excluding hydrogens is 314 g/mol. The summed E-state index contributed by atoms with van der Waals surface area (Å²) >= 11 is 0. The molecule has 132 valence electrons. The Morgan fingerprint density at radius 1 is 0.769 bits per heavy atom. The van der Waals surface area contributed by atoms with E-state index in [1.807, 2.05) is 74.6 Å². The van der Waals surface area contributed by atoms with Gasteiger partial charge in [0.05, 0.1) is 0 Å². The molecule has 0 aliphatic rings. The van der Waals surface area contributed by atoms with Gasteiger partial charge >= 0.3 is 0 Å². The Labute approximate surface area is 158 Å². The maximum absolute atomic E-state index is 3.75. The second-order valence-electron chi connectivity index (χ2n) is 5.42. The first-order chi connectivity index (χ1) is 12.7. The molecule has 0 saturated heterocycles. The van der Waals surface area contributed by atoms with Crippen LogP contribution in [0.4, 0.5) is 0 Å². The van der Waals surface area contributed by atoms with Crippen LogP contribution in [0.1, 0.15) is 25.2 Å². The van der Waals surface area contributed by atoms with Crippen LogP contribution in [-0.4, -0.2) is 0 Å². The summed E-state index contributed by atoms with van der Waals surface area (Å²) < 4.78 is 0. The summed E-state index contributed by atoms with van der Waals surface area (Å²) in [5, 5.41) is 0. The van der Waals surface area contributed by atoms with E-state index in [2.05, 4.69) is 48.5 Å². The molecule has 0 aromatic carbocycles. The van der Waals surface area contributed by atoms with Gasteiger partial charge < -0.3 is 0 Å². The molecule has 26 heavy (non-hydrogen) atoms. The highest BCUT2D eigenvalue weighted by Gasteiger charge is 1.99. The predicted molar refractivity (Wildman–Crippen MR) is 116 cm³/mol. The first-order valence-corrected chi connectivity index (χ1v) is 8.69. The molecule has 1 rings (SSSR count). The minimum absolute atomic E-state index is 1.03. The second-order valence-corrected chi connectivity index (χ2v) is 5.42. The Bertz CT molecular complexity index is 766. The van der Waals surface area contributed by atoms with Gasteiger partial charge in [-0.15, -0.1) is 0 Å². The van der Waals surface area contributed by atoms with E-state index in [0.29, 0.717) is 0 Å². The highest BCUT2D eigenvalue weighted by molar-refractivity contribution is 5.53. The number of allylic oxidation sites excluding steroid dienone is 14. The number of hydrogen-bond donors (Lipinski definition) is 0. The zero-order valence-corrected chi connectivity index (χ0v) is 15.7. The van der Waals surface area contributed by atoms with Crippen molar-refractivity contribution in [3.8, 4) is 0 Å². The van der Waals surface area contributed by atoms with Crippen LogP contribution in [0.25, 0.3) is 12.2 Å². The van der Waals surface area contributed by atoms with Crippen LogP contribution >= 0.6 is 0 Å².